The number of benzene rings is 1. The first kappa shape index (κ1) is 18.1. The number of nitrogens with one attached hydrogen (secondary N) is 1. The van der Waals surface area contributed by atoms with Crippen molar-refractivity contribution in [2.75, 3.05) is 16.8 Å². The molecule has 1 aliphatic heterocycles. The van der Waals surface area contributed by atoms with Crippen LogP contribution in [0.4, 0.5) is 10.3 Å². The lowest BCUT2D eigenvalue weighted by atomic mass is 10.1. The first-order valence-corrected chi connectivity index (χ1v) is 10.8. The molecule has 5 nitrogen and oxygen atoms in total. The van der Waals surface area contributed by atoms with Gasteiger partial charge in [-0.3, -0.25) is 4.79 Å². The van der Waals surface area contributed by atoms with E-state index in [4.69, 9.17) is 0 Å². The Labute approximate surface area is 167 Å². The third-order valence-corrected chi connectivity index (χ3v) is 6.71. The summed E-state index contributed by atoms with van der Waals surface area (Å²) in [6.07, 6.45) is 4.49. The Morgan fingerprint density at radius 1 is 1.30 bits per heavy atom. The van der Waals surface area contributed by atoms with Crippen LogP contribution in [0.1, 0.15) is 34.5 Å². The average molecular weight is 399 g/mol. The molecular formula is C20H22N4OS2. The van der Waals surface area contributed by atoms with Gasteiger partial charge in [0.1, 0.15) is 6.04 Å². The van der Waals surface area contributed by atoms with Gasteiger partial charge in [0, 0.05) is 29.4 Å². The quantitative estimate of drug-likeness (QED) is 0.691. The number of nitrogens with zero attached hydrogens (tertiary/aromatic N) is 3. The standard InChI is InChI=1S/C20H22N4OS2/c1-13-5-7-15(8-6-13)12-17-14(2)22-19(27-17)23-18(25)16-4-3-10-24(16)20-21-9-11-26-20/h5-9,11,16H,3-4,10,12H2,1-2H3,(H,22,23,25)/t16-/m0/s1. The highest BCUT2D eigenvalue weighted by atomic mass is 32.1. The zero-order valence-electron chi connectivity index (χ0n) is 15.4. The molecule has 1 saturated heterocycles. The summed E-state index contributed by atoms with van der Waals surface area (Å²) < 4.78 is 0. The number of anilines is 2. The number of rotatable bonds is 5. The highest BCUT2D eigenvalue weighted by Gasteiger charge is 2.32. The molecule has 1 aromatic carbocycles. The molecule has 1 N–H and O–H groups in total. The molecular weight excluding hydrogens is 376 g/mol. The largest absolute Gasteiger partial charge is 0.336 e. The third-order valence-electron chi connectivity index (χ3n) is 4.83. The Morgan fingerprint density at radius 2 is 2.11 bits per heavy atom. The number of hydrogen-bond donors (Lipinski definition) is 1. The summed E-state index contributed by atoms with van der Waals surface area (Å²) in [4.78, 5) is 25.1. The van der Waals surface area contributed by atoms with Gasteiger partial charge in [-0.1, -0.05) is 29.8 Å². The summed E-state index contributed by atoms with van der Waals surface area (Å²) in [5, 5.41) is 6.59. The monoisotopic (exact) mass is 398 g/mol. The average Bonchev–Trinajstić information content (AvgIpc) is 3.38. The molecule has 2 aromatic heterocycles. The van der Waals surface area contributed by atoms with Crippen molar-refractivity contribution in [2.45, 2.75) is 39.2 Å². The SMILES string of the molecule is Cc1ccc(Cc2sc(NC(=O)[C@@H]3CCCN3c3nccs3)nc2C)cc1. The van der Waals surface area contributed by atoms with Crippen molar-refractivity contribution >= 4 is 38.8 Å². The Hall–Kier alpha value is -2.25. The van der Waals surface area contributed by atoms with Crippen LogP contribution in [0.5, 0.6) is 0 Å². The fraction of sp³-hybridized carbons (Fsp3) is 0.350. The Kier molecular flexibility index (Phi) is 5.22. The molecule has 140 valence electrons. The van der Waals surface area contributed by atoms with E-state index in [-0.39, 0.29) is 11.9 Å². The molecule has 4 rings (SSSR count). The maximum Gasteiger partial charge on any atom is 0.248 e. The molecule has 7 heteroatoms. The van der Waals surface area contributed by atoms with Crippen molar-refractivity contribution in [3.05, 3.63) is 57.5 Å². The highest BCUT2D eigenvalue weighted by molar-refractivity contribution is 7.16. The molecule has 27 heavy (non-hydrogen) atoms. The predicted molar refractivity (Wildman–Crippen MR) is 112 cm³/mol. The molecule has 1 aliphatic rings. The van der Waals surface area contributed by atoms with E-state index in [1.165, 1.54) is 16.0 Å². The molecule has 0 aliphatic carbocycles. The van der Waals surface area contributed by atoms with Gasteiger partial charge >= 0.3 is 0 Å². The van der Waals surface area contributed by atoms with Crippen LogP contribution in [-0.2, 0) is 11.2 Å². The van der Waals surface area contributed by atoms with Gasteiger partial charge in [0.05, 0.1) is 5.69 Å². The molecule has 0 unspecified atom stereocenters. The van der Waals surface area contributed by atoms with Gasteiger partial charge < -0.3 is 10.2 Å². The summed E-state index contributed by atoms with van der Waals surface area (Å²) in [6.45, 7) is 4.97. The molecule has 0 radical (unpaired) electrons. The van der Waals surface area contributed by atoms with Gasteiger partial charge in [0.2, 0.25) is 5.91 Å². The van der Waals surface area contributed by atoms with Crippen molar-refractivity contribution in [1.82, 2.24) is 9.97 Å². The molecule has 1 atom stereocenters. The fourth-order valence-corrected chi connectivity index (χ4v) is 5.07. The van der Waals surface area contributed by atoms with E-state index < -0.39 is 0 Å². The van der Waals surface area contributed by atoms with Crippen molar-refractivity contribution in [1.29, 1.82) is 0 Å². The Bertz CT molecular complexity index is 918. The molecule has 0 spiro atoms. The summed E-state index contributed by atoms with van der Waals surface area (Å²) >= 11 is 3.15. The van der Waals surface area contributed by atoms with Gasteiger partial charge in [-0.05, 0) is 32.3 Å². The molecule has 1 amide bonds. The molecule has 1 fully saturated rings. The molecule has 3 aromatic rings. The van der Waals surface area contributed by atoms with Crippen LogP contribution in [0.3, 0.4) is 0 Å². The van der Waals surface area contributed by atoms with Crippen molar-refractivity contribution < 1.29 is 4.79 Å². The first-order valence-electron chi connectivity index (χ1n) is 9.09. The number of hydrogen-bond acceptors (Lipinski definition) is 6. The van der Waals surface area contributed by atoms with Crippen LogP contribution in [-0.4, -0.2) is 28.5 Å². The second-order valence-electron chi connectivity index (χ2n) is 6.85. The predicted octanol–water partition coefficient (Wildman–Crippen LogP) is 4.41. The van der Waals surface area contributed by atoms with Crippen LogP contribution in [0, 0.1) is 13.8 Å². The van der Waals surface area contributed by atoms with Crippen LogP contribution in [0.15, 0.2) is 35.8 Å². The van der Waals surface area contributed by atoms with E-state index in [1.54, 1.807) is 28.9 Å². The molecule has 0 saturated carbocycles. The van der Waals surface area contributed by atoms with Gasteiger partial charge in [0.15, 0.2) is 10.3 Å². The number of amides is 1. The van der Waals surface area contributed by atoms with Gasteiger partial charge in [0.25, 0.3) is 0 Å². The summed E-state index contributed by atoms with van der Waals surface area (Å²) in [5.74, 6) is 0.0123. The zero-order chi connectivity index (χ0) is 18.8. The van der Waals surface area contributed by atoms with E-state index in [0.29, 0.717) is 5.13 Å². The van der Waals surface area contributed by atoms with Gasteiger partial charge in [-0.25, -0.2) is 9.97 Å². The maximum absolute atomic E-state index is 12.8. The Morgan fingerprint density at radius 3 is 2.85 bits per heavy atom. The van der Waals surface area contributed by atoms with Gasteiger partial charge in [-0.2, -0.15) is 0 Å². The lowest BCUT2D eigenvalue weighted by Gasteiger charge is -2.22. The normalized spacial score (nSPS) is 16.7. The van der Waals surface area contributed by atoms with Crippen LogP contribution >= 0.6 is 22.7 Å². The lowest BCUT2D eigenvalue weighted by molar-refractivity contribution is -0.117. The minimum atomic E-state index is -0.166. The maximum atomic E-state index is 12.8. The van der Waals surface area contributed by atoms with Crippen LogP contribution in [0.2, 0.25) is 0 Å². The van der Waals surface area contributed by atoms with Crippen LogP contribution < -0.4 is 10.2 Å². The molecule has 0 bridgehead atoms. The molecule has 3 heterocycles. The smallest absolute Gasteiger partial charge is 0.248 e. The van der Waals surface area contributed by atoms with E-state index >= 15 is 0 Å². The van der Waals surface area contributed by atoms with Crippen molar-refractivity contribution in [2.24, 2.45) is 0 Å². The number of aromatic nitrogens is 2. The summed E-state index contributed by atoms with van der Waals surface area (Å²) in [5.41, 5.74) is 3.50. The minimum Gasteiger partial charge on any atom is -0.336 e. The second-order valence-corrected chi connectivity index (χ2v) is 8.80. The van der Waals surface area contributed by atoms with Crippen LogP contribution in [0.25, 0.3) is 0 Å². The second kappa shape index (κ2) is 7.78. The van der Waals surface area contributed by atoms with Crippen molar-refractivity contribution in [3.8, 4) is 0 Å². The number of aryl methyl sites for hydroxylation is 2. The summed E-state index contributed by atoms with van der Waals surface area (Å²) in [6, 6.07) is 8.39. The summed E-state index contributed by atoms with van der Waals surface area (Å²) in [7, 11) is 0. The highest BCUT2D eigenvalue weighted by Crippen LogP contribution is 2.29. The minimum absolute atomic E-state index is 0.0123. The topological polar surface area (TPSA) is 58.1 Å². The first-order chi connectivity index (χ1) is 13.1. The lowest BCUT2D eigenvalue weighted by Crippen LogP contribution is -2.39. The van der Waals surface area contributed by atoms with E-state index in [2.05, 4.69) is 51.4 Å². The third kappa shape index (κ3) is 4.04. The van der Waals surface area contributed by atoms with E-state index in [0.717, 1.165) is 36.6 Å². The van der Waals surface area contributed by atoms with Gasteiger partial charge in [-0.15, -0.1) is 22.7 Å². The van der Waals surface area contributed by atoms with Crippen molar-refractivity contribution in [3.63, 3.8) is 0 Å². The zero-order valence-corrected chi connectivity index (χ0v) is 17.1. The van der Waals surface area contributed by atoms with E-state index in [9.17, 15) is 4.79 Å². The fourth-order valence-electron chi connectivity index (χ4n) is 3.35. The number of carbonyl (C=O) groups is 1. The number of thiazole rings is 2. The number of carbonyl (C=O) groups excluding carboxylic acids is 1. The Balaban J connectivity index is 1.45. The van der Waals surface area contributed by atoms with E-state index in [1.807, 2.05) is 12.3 Å².